The van der Waals surface area contributed by atoms with Gasteiger partial charge >= 0.3 is 5.97 Å². The molecule has 1 heterocycles. The van der Waals surface area contributed by atoms with Crippen LogP contribution in [0, 0.1) is 17.8 Å². The number of amides is 5. The van der Waals surface area contributed by atoms with E-state index in [1.54, 1.807) is 20.8 Å². The first kappa shape index (κ1) is 37.2. The second-order valence-electron chi connectivity index (χ2n) is 12.2. The van der Waals surface area contributed by atoms with Crippen molar-refractivity contribution in [3.8, 4) is 0 Å². The maximum absolute atomic E-state index is 13.8. The molecule has 0 spiro atoms. The minimum Gasteiger partial charge on any atom is -0.467 e. The van der Waals surface area contributed by atoms with Gasteiger partial charge in [-0.15, -0.1) is 0 Å². The molecule has 250 valence electrons. The number of carbonyl (C=O) groups is 6. The Balaban J connectivity index is 2.29. The molecule has 1 aliphatic rings. The summed E-state index contributed by atoms with van der Waals surface area (Å²) in [6, 6.07) is 4.96. The lowest BCUT2D eigenvalue weighted by Gasteiger charge is -2.30. The molecule has 0 aliphatic carbocycles. The van der Waals surface area contributed by atoms with E-state index in [1.807, 2.05) is 44.2 Å². The van der Waals surface area contributed by atoms with Gasteiger partial charge in [-0.1, -0.05) is 58.0 Å². The van der Waals surface area contributed by atoms with Gasteiger partial charge in [0.1, 0.15) is 24.2 Å². The van der Waals surface area contributed by atoms with Gasteiger partial charge in [-0.3, -0.25) is 24.0 Å². The molecule has 0 unspecified atom stereocenters. The van der Waals surface area contributed by atoms with E-state index in [-0.39, 0.29) is 37.2 Å². The Hall–Kier alpha value is -4.00. The van der Waals surface area contributed by atoms with Crippen molar-refractivity contribution < 1.29 is 38.2 Å². The highest BCUT2D eigenvalue weighted by molar-refractivity contribution is 5.95. The average Bonchev–Trinajstić information content (AvgIpc) is 3.39. The molecule has 5 N–H and O–H groups in total. The zero-order valence-electron chi connectivity index (χ0n) is 27.3. The molecule has 5 amide bonds. The van der Waals surface area contributed by atoms with Crippen LogP contribution in [0.5, 0.6) is 0 Å². The Labute approximate surface area is 265 Å². The maximum Gasteiger partial charge on any atom is 0.328 e. The quantitative estimate of drug-likeness (QED) is 0.158. The van der Waals surface area contributed by atoms with Crippen molar-refractivity contribution in [3.63, 3.8) is 0 Å². The molecule has 0 aromatic heterocycles. The molecule has 6 atom stereocenters. The van der Waals surface area contributed by atoms with Crippen molar-refractivity contribution in [2.75, 3.05) is 13.7 Å². The van der Waals surface area contributed by atoms with Gasteiger partial charge in [0, 0.05) is 19.4 Å². The topological polar surface area (TPSA) is 181 Å². The highest BCUT2D eigenvalue weighted by Crippen LogP contribution is 2.18. The minimum atomic E-state index is -1.24. The lowest BCUT2D eigenvalue weighted by molar-refractivity contribution is -0.146. The fraction of sp³-hybridized carbons (Fsp3) is 0.625. The van der Waals surface area contributed by atoms with E-state index in [1.165, 1.54) is 14.0 Å². The van der Waals surface area contributed by atoms with Crippen LogP contribution in [0.4, 0.5) is 0 Å². The van der Waals surface area contributed by atoms with E-state index in [0.717, 1.165) is 5.56 Å². The number of carbonyl (C=O) groups excluding carboxylic acids is 6. The molecular formula is C32H49N5O8. The maximum atomic E-state index is 13.8. The Kier molecular flexibility index (Phi) is 14.9. The predicted octanol–water partition coefficient (Wildman–Crippen LogP) is 0.952. The van der Waals surface area contributed by atoms with E-state index in [9.17, 15) is 28.8 Å². The van der Waals surface area contributed by atoms with Crippen molar-refractivity contribution in [1.29, 1.82) is 0 Å². The van der Waals surface area contributed by atoms with Gasteiger partial charge in [0.05, 0.1) is 19.8 Å². The summed E-state index contributed by atoms with van der Waals surface area (Å²) in [7, 11) is 1.19. The van der Waals surface area contributed by atoms with Gasteiger partial charge < -0.3 is 36.1 Å². The van der Waals surface area contributed by atoms with Crippen LogP contribution in [0.25, 0.3) is 0 Å². The molecule has 2 rings (SSSR count). The smallest absolute Gasteiger partial charge is 0.328 e. The van der Waals surface area contributed by atoms with Gasteiger partial charge in [0.15, 0.2) is 0 Å². The lowest BCUT2D eigenvalue weighted by Crippen LogP contribution is -2.61. The van der Waals surface area contributed by atoms with Crippen LogP contribution >= 0.6 is 0 Å². The molecule has 0 saturated carbocycles. The number of esters is 1. The van der Waals surface area contributed by atoms with E-state index < -0.39 is 65.8 Å². The third kappa shape index (κ3) is 12.1. The van der Waals surface area contributed by atoms with Crippen molar-refractivity contribution in [2.45, 2.75) is 97.7 Å². The molecule has 0 bridgehead atoms. The zero-order chi connectivity index (χ0) is 33.7. The second-order valence-corrected chi connectivity index (χ2v) is 12.2. The van der Waals surface area contributed by atoms with Crippen molar-refractivity contribution in [1.82, 2.24) is 26.6 Å². The van der Waals surface area contributed by atoms with Gasteiger partial charge in [-0.05, 0) is 43.6 Å². The summed E-state index contributed by atoms with van der Waals surface area (Å²) >= 11 is 0. The molecule has 13 nitrogen and oxygen atoms in total. The summed E-state index contributed by atoms with van der Waals surface area (Å²) in [6.45, 7) is 10.8. The minimum absolute atomic E-state index is 0.0388. The first-order chi connectivity index (χ1) is 21.2. The van der Waals surface area contributed by atoms with Crippen LogP contribution in [0.15, 0.2) is 30.3 Å². The molecule has 1 aromatic carbocycles. The molecule has 1 aromatic rings. The Bertz CT molecular complexity index is 1180. The van der Waals surface area contributed by atoms with Crippen LogP contribution in [0.3, 0.4) is 0 Å². The Morgan fingerprint density at radius 3 is 2.02 bits per heavy atom. The van der Waals surface area contributed by atoms with E-state index in [0.29, 0.717) is 13.0 Å². The second kappa shape index (κ2) is 18.1. The van der Waals surface area contributed by atoms with Crippen LogP contribution in [0.2, 0.25) is 0 Å². The first-order valence-corrected chi connectivity index (χ1v) is 15.4. The van der Waals surface area contributed by atoms with E-state index in [2.05, 4.69) is 26.6 Å². The van der Waals surface area contributed by atoms with Crippen molar-refractivity contribution in [2.24, 2.45) is 17.8 Å². The number of ether oxygens (including phenoxy) is 2. The number of hydrogen-bond donors (Lipinski definition) is 5. The Morgan fingerprint density at radius 1 is 0.867 bits per heavy atom. The standard InChI is InChI=1S/C32H49N5O8/c1-18(2)15-24(29(40)36-25(32(43)44-7)16-23-13-14-33-28(23)39)35-31(42)27(20(5)45-17-22-11-9-8-10-12-22)37-30(41)26(19(3)4)34-21(6)38/h8-12,18-20,23-27H,13-17H2,1-7H3,(H,33,39)(H,34,38)(H,35,42)(H,36,40)(H,37,41)/t20-,23+,24+,25+,26+,27+/m1/s1. The lowest BCUT2D eigenvalue weighted by atomic mass is 9.97. The highest BCUT2D eigenvalue weighted by Gasteiger charge is 2.36. The van der Waals surface area contributed by atoms with Crippen LogP contribution in [0.1, 0.15) is 66.4 Å². The third-order valence-electron chi connectivity index (χ3n) is 7.54. The number of benzene rings is 1. The summed E-state index contributed by atoms with van der Waals surface area (Å²) in [6.07, 6.45) is -0.0526. The van der Waals surface area contributed by atoms with Crippen LogP contribution in [-0.2, 0) is 44.8 Å². The Morgan fingerprint density at radius 2 is 1.49 bits per heavy atom. The average molecular weight is 632 g/mol. The van der Waals surface area contributed by atoms with Gasteiger partial charge in [-0.25, -0.2) is 4.79 Å². The number of hydrogen-bond acceptors (Lipinski definition) is 8. The summed E-state index contributed by atoms with van der Waals surface area (Å²) in [5.74, 6) is -3.99. The van der Waals surface area contributed by atoms with E-state index in [4.69, 9.17) is 9.47 Å². The summed E-state index contributed by atoms with van der Waals surface area (Å²) in [5, 5.41) is 13.5. The molecule has 1 aliphatic heterocycles. The largest absolute Gasteiger partial charge is 0.467 e. The third-order valence-corrected chi connectivity index (χ3v) is 7.54. The normalized spacial score (nSPS) is 17.8. The van der Waals surface area contributed by atoms with Crippen molar-refractivity contribution in [3.05, 3.63) is 35.9 Å². The highest BCUT2D eigenvalue weighted by atomic mass is 16.5. The fourth-order valence-electron chi connectivity index (χ4n) is 5.04. The number of rotatable bonds is 17. The monoisotopic (exact) mass is 631 g/mol. The number of methoxy groups -OCH3 is 1. The number of nitrogens with one attached hydrogen (secondary N) is 5. The van der Waals surface area contributed by atoms with E-state index >= 15 is 0 Å². The van der Waals surface area contributed by atoms with Gasteiger partial charge in [-0.2, -0.15) is 0 Å². The molecule has 0 radical (unpaired) electrons. The SMILES string of the molecule is COC(=O)[C@H](C[C@@H]1CCNC1=O)NC(=O)[C@H](CC(C)C)NC(=O)[C@@H](NC(=O)[C@@H](NC(C)=O)C(C)C)[C@@H](C)OCc1ccccc1. The summed E-state index contributed by atoms with van der Waals surface area (Å²) < 4.78 is 10.9. The van der Waals surface area contributed by atoms with Crippen LogP contribution < -0.4 is 26.6 Å². The van der Waals surface area contributed by atoms with Gasteiger partial charge in [0.2, 0.25) is 29.5 Å². The summed E-state index contributed by atoms with van der Waals surface area (Å²) in [4.78, 5) is 77.2. The molecule has 1 fully saturated rings. The van der Waals surface area contributed by atoms with Gasteiger partial charge in [0.25, 0.3) is 0 Å². The van der Waals surface area contributed by atoms with Crippen LogP contribution in [-0.4, -0.2) is 79.4 Å². The molecule has 45 heavy (non-hydrogen) atoms. The first-order valence-electron chi connectivity index (χ1n) is 15.4. The molecular weight excluding hydrogens is 582 g/mol. The fourth-order valence-corrected chi connectivity index (χ4v) is 5.04. The molecule has 1 saturated heterocycles. The molecule has 13 heteroatoms. The summed E-state index contributed by atoms with van der Waals surface area (Å²) in [5.41, 5.74) is 0.856. The van der Waals surface area contributed by atoms with Crippen molar-refractivity contribution >= 4 is 35.5 Å². The predicted molar refractivity (Wildman–Crippen MR) is 166 cm³/mol. The zero-order valence-corrected chi connectivity index (χ0v) is 27.3.